The first kappa shape index (κ1) is 16.6. The van der Waals surface area contributed by atoms with Gasteiger partial charge in [0.15, 0.2) is 5.79 Å². The predicted octanol–water partition coefficient (Wildman–Crippen LogP) is 0.385. The number of amides is 3. The highest BCUT2D eigenvalue weighted by Gasteiger charge is 2.32. The van der Waals surface area contributed by atoms with Crippen LogP contribution in [0.5, 0.6) is 0 Å². The summed E-state index contributed by atoms with van der Waals surface area (Å²) in [5.41, 5.74) is 1.43. The number of nitrogens with one attached hydrogen (secondary N) is 2. The maximum Gasteiger partial charge on any atom is 0.251 e. The predicted molar refractivity (Wildman–Crippen MR) is 84.0 cm³/mol. The lowest BCUT2D eigenvalue weighted by Crippen LogP contribution is -2.41. The Hall–Kier alpha value is -2.25. The summed E-state index contributed by atoms with van der Waals surface area (Å²) in [6.45, 7) is 3.12. The van der Waals surface area contributed by atoms with E-state index in [2.05, 4.69) is 10.6 Å². The van der Waals surface area contributed by atoms with E-state index in [-0.39, 0.29) is 36.6 Å². The monoisotopic (exact) mass is 332 g/mol. The second-order valence-corrected chi connectivity index (χ2v) is 6.23. The fraction of sp³-hybridized carbons (Fsp3) is 0.471. The molecule has 2 aliphatic rings. The summed E-state index contributed by atoms with van der Waals surface area (Å²) in [6.07, 6.45) is 0.707. The van der Waals surface area contributed by atoms with Crippen LogP contribution in [0.2, 0.25) is 0 Å². The molecule has 0 radical (unpaired) electrons. The SMILES string of the molecule is CC1(CNC(=O)c2ccc(C[C@H]3CC(=O)NC3=O)cc2)OCCO1. The number of hydrogen-bond acceptors (Lipinski definition) is 5. The van der Waals surface area contributed by atoms with Gasteiger partial charge in [0, 0.05) is 12.0 Å². The Kier molecular flexibility index (Phi) is 4.64. The van der Waals surface area contributed by atoms with E-state index in [1.54, 1.807) is 31.2 Å². The van der Waals surface area contributed by atoms with E-state index in [1.165, 1.54) is 0 Å². The third kappa shape index (κ3) is 3.80. The fourth-order valence-electron chi connectivity index (χ4n) is 2.85. The maximum absolute atomic E-state index is 12.2. The average Bonchev–Trinajstić information content (AvgIpc) is 3.12. The molecule has 0 unspecified atom stereocenters. The van der Waals surface area contributed by atoms with Crippen LogP contribution in [0.4, 0.5) is 0 Å². The molecule has 2 saturated heterocycles. The van der Waals surface area contributed by atoms with Gasteiger partial charge in [-0.05, 0) is 31.0 Å². The highest BCUT2D eigenvalue weighted by molar-refractivity contribution is 6.03. The van der Waals surface area contributed by atoms with Crippen molar-refractivity contribution in [3.8, 4) is 0 Å². The molecular formula is C17H20N2O5. The van der Waals surface area contributed by atoms with E-state index in [9.17, 15) is 14.4 Å². The Morgan fingerprint density at radius 2 is 1.92 bits per heavy atom. The van der Waals surface area contributed by atoms with Gasteiger partial charge in [-0.25, -0.2) is 0 Å². The largest absolute Gasteiger partial charge is 0.347 e. The van der Waals surface area contributed by atoms with Crippen LogP contribution in [-0.2, 0) is 25.5 Å². The maximum atomic E-state index is 12.2. The molecular weight excluding hydrogens is 312 g/mol. The quantitative estimate of drug-likeness (QED) is 0.761. The van der Waals surface area contributed by atoms with Crippen molar-refractivity contribution in [3.63, 3.8) is 0 Å². The molecule has 0 aliphatic carbocycles. The second-order valence-electron chi connectivity index (χ2n) is 6.23. The minimum absolute atomic E-state index is 0.212. The smallest absolute Gasteiger partial charge is 0.251 e. The molecule has 7 nitrogen and oxygen atoms in total. The minimum Gasteiger partial charge on any atom is -0.347 e. The standard InChI is InChI=1S/C17H20N2O5/c1-17(23-6-7-24-17)10-18-15(21)12-4-2-11(3-5-12)8-13-9-14(20)19-16(13)22/h2-5,13H,6-10H2,1H3,(H,18,21)(H,19,20,22)/t13-/m0/s1. The van der Waals surface area contributed by atoms with E-state index >= 15 is 0 Å². The molecule has 0 aromatic heterocycles. The van der Waals surface area contributed by atoms with Crippen molar-refractivity contribution in [1.82, 2.24) is 10.6 Å². The number of ether oxygens (including phenoxy) is 2. The van der Waals surface area contributed by atoms with Crippen LogP contribution in [0.15, 0.2) is 24.3 Å². The summed E-state index contributed by atoms with van der Waals surface area (Å²) in [6, 6.07) is 7.01. The summed E-state index contributed by atoms with van der Waals surface area (Å²) in [5.74, 6) is -1.76. The number of imide groups is 1. The molecule has 2 aliphatic heterocycles. The van der Waals surface area contributed by atoms with Gasteiger partial charge in [0.1, 0.15) is 0 Å². The summed E-state index contributed by atoms with van der Waals surface area (Å²) in [7, 11) is 0. The Morgan fingerprint density at radius 1 is 1.25 bits per heavy atom. The zero-order valence-corrected chi connectivity index (χ0v) is 13.5. The van der Waals surface area contributed by atoms with Crippen molar-refractivity contribution in [1.29, 1.82) is 0 Å². The lowest BCUT2D eigenvalue weighted by Gasteiger charge is -2.22. The van der Waals surface area contributed by atoms with Gasteiger partial charge in [-0.2, -0.15) is 0 Å². The van der Waals surface area contributed by atoms with Crippen molar-refractivity contribution in [2.24, 2.45) is 5.92 Å². The van der Waals surface area contributed by atoms with Crippen LogP contribution in [0.3, 0.4) is 0 Å². The van der Waals surface area contributed by atoms with Crippen molar-refractivity contribution < 1.29 is 23.9 Å². The van der Waals surface area contributed by atoms with Crippen LogP contribution in [0.25, 0.3) is 0 Å². The van der Waals surface area contributed by atoms with Crippen LogP contribution < -0.4 is 10.6 Å². The molecule has 2 fully saturated rings. The van der Waals surface area contributed by atoms with Crippen molar-refractivity contribution >= 4 is 17.7 Å². The normalized spacial score (nSPS) is 22.5. The third-order valence-electron chi connectivity index (χ3n) is 4.23. The molecule has 7 heteroatoms. The lowest BCUT2D eigenvalue weighted by molar-refractivity contribution is -0.136. The van der Waals surface area contributed by atoms with Crippen molar-refractivity contribution in [3.05, 3.63) is 35.4 Å². The number of carbonyl (C=O) groups excluding carboxylic acids is 3. The van der Waals surface area contributed by atoms with Gasteiger partial charge in [-0.15, -0.1) is 0 Å². The van der Waals surface area contributed by atoms with E-state index in [0.29, 0.717) is 25.2 Å². The highest BCUT2D eigenvalue weighted by Crippen LogP contribution is 2.19. The molecule has 0 saturated carbocycles. The van der Waals surface area contributed by atoms with Crippen molar-refractivity contribution in [2.45, 2.75) is 25.6 Å². The van der Waals surface area contributed by atoms with Gasteiger partial charge in [-0.3, -0.25) is 19.7 Å². The second kappa shape index (κ2) is 6.70. The molecule has 1 aromatic carbocycles. The zero-order valence-electron chi connectivity index (χ0n) is 13.5. The Balaban J connectivity index is 1.54. The molecule has 2 heterocycles. The molecule has 128 valence electrons. The van der Waals surface area contributed by atoms with Gasteiger partial charge in [0.2, 0.25) is 11.8 Å². The molecule has 2 N–H and O–H groups in total. The van der Waals surface area contributed by atoms with Crippen LogP contribution in [-0.4, -0.2) is 43.3 Å². The van der Waals surface area contributed by atoms with Crippen LogP contribution in [0, 0.1) is 5.92 Å². The van der Waals surface area contributed by atoms with Gasteiger partial charge in [0.05, 0.1) is 25.7 Å². The summed E-state index contributed by atoms with van der Waals surface area (Å²) in [4.78, 5) is 34.9. The fourth-order valence-corrected chi connectivity index (χ4v) is 2.85. The zero-order chi connectivity index (χ0) is 17.2. The first-order chi connectivity index (χ1) is 11.5. The van der Waals surface area contributed by atoms with Crippen LogP contribution in [0.1, 0.15) is 29.3 Å². The lowest BCUT2D eigenvalue weighted by atomic mass is 9.97. The topological polar surface area (TPSA) is 93.7 Å². The first-order valence-corrected chi connectivity index (χ1v) is 7.94. The molecule has 1 aromatic rings. The Morgan fingerprint density at radius 3 is 2.50 bits per heavy atom. The van der Waals surface area contributed by atoms with E-state index in [1.807, 2.05) is 0 Å². The van der Waals surface area contributed by atoms with Crippen molar-refractivity contribution in [2.75, 3.05) is 19.8 Å². The number of benzene rings is 1. The highest BCUT2D eigenvalue weighted by atomic mass is 16.7. The van der Waals surface area contributed by atoms with E-state index in [0.717, 1.165) is 5.56 Å². The molecule has 3 amide bonds. The van der Waals surface area contributed by atoms with E-state index in [4.69, 9.17) is 9.47 Å². The number of carbonyl (C=O) groups is 3. The number of hydrogen-bond donors (Lipinski definition) is 2. The van der Waals surface area contributed by atoms with Gasteiger partial charge >= 0.3 is 0 Å². The van der Waals surface area contributed by atoms with Crippen LogP contribution >= 0.6 is 0 Å². The molecule has 0 bridgehead atoms. The van der Waals surface area contributed by atoms with Gasteiger partial charge in [-0.1, -0.05) is 12.1 Å². The summed E-state index contributed by atoms with van der Waals surface area (Å²) in [5, 5.41) is 5.09. The summed E-state index contributed by atoms with van der Waals surface area (Å²) >= 11 is 0. The molecule has 1 atom stereocenters. The Bertz CT molecular complexity index is 649. The summed E-state index contributed by atoms with van der Waals surface area (Å²) < 4.78 is 10.9. The first-order valence-electron chi connectivity index (χ1n) is 7.94. The minimum atomic E-state index is -0.766. The molecule has 24 heavy (non-hydrogen) atoms. The van der Waals surface area contributed by atoms with Gasteiger partial charge in [0.25, 0.3) is 5.91 Å². The van der Waals surface area contributed by atoms with E-state index < -0.39 is 5.79 Å². The van der Waals surface area contributed by atoms with Gasteiger partial charge < -0.3 is 14.8 Å². The Labute approximate surface area is 139 Å². The number of rotatable bonds is 5. The molecule has 0 spiro atoms. The third-order valence-corrected chi connectivity index (χ3v) is 4.23. The molecule has 3 rings (SSSR count). The average molecular weight is 332 g/mol.